The number of ether oxygens (including phenoxy) is 1. The van der Waals surface area contributed by atoms with Crippen LogP contribution in [0.3, 0.4) is 0 Å². The number of rotatable bonds is 7. The zero-order valence-corrected chi connectivity index (χ0v) is 20.4. The molecule has 2 aromatic rings. The predicted octanol–water partition coefficient (Wildman–Crippen LogP) is 6.71. The molecule has 1 saturated carbocycles. The van der Waals surface area contributed by atoms with Gasteiger partial charge in [0.1, 0.15) is 5.75 Å². The van der Waals surface area contributed by atoms with Crippen LogP contribution in [0.1, 0.15) is 70.3 Å². The average Bonchev–Trinajstić information content (AvgIpc) is 3.03. The summed E-state index contributed by atoms with van der Waals surface area (Å²) in [5.74, 6) is 0.868. The molecule has 1 N–H and O–H groups in total. The van der Waals surface area contributed by atoms with E-state index in [-0.39, 0.29) is 12.0 Å². The van der Waals surface area contributed by atoms with Crippen molar-refractivity contribution in [2.45, 2.75) is 89.3 Å². The Hall–Kier alpha value is -1.78. The first kappa shape index (κ1) is 23.0. The highest BCUT2D eigenvalue weighted by Gasteiger charge is 2.42. The molecule has 33 heavy (non-hydrogen) atoms. The number of fused-ring (bicyclic) bond motifs is 3. The molecule has 2 atom stereocenters. The summed E-state index contributed by atoms with van der Waals surface area (Å²) in [4.78, 5) is 14.0. The number of hydrogen-bond acceptors (Lipinski definition) is 3. The number of carboxylic acid groups (broad SMARTS) is 1. The Morgan fingerprint density at radius 1 is 1.06 bits per heavy atom. The molecule has 0 amide bonds. The summed E-state index contributed by atoms with van der Waals surface area (Å²) in [6.45, 7) is 3.38. The van der Waals surface area contributed by atoms with Gasteiger partial charge in [-0.3, -0.25) is 9.69 Å². The molecule has 0 radical (unpaired) electrons. The minimum Gasteiger partial charge on any atom is -0.489 e. The normalized spacial score (nSPS) is 29.9. The van der Waals surface area contributed by atoms with Crippen LogP contribution in [0.4, 0.5) is 0 Å². The van der Waals surface area contributed by atoms with Crippen LogP contribution in [-0.2, 0) is 11.2 Å². The SMILES string of the molecule is C[C@H]1CC[C@@H](Oc2ccc3ccc(CCCN4C5CCC4CC(C(=O)O)C5)cc3c2Cl)CC1. The highest BCUT2D eigenvalue weighted by molar-refractivity contribution is 6.37. The molecule has 2 bridgehead atoms. The van der Waals surface area contributed by atoms with Crippen LogP contribution in [0.5, 0.6) is 5.75 Å². The van der Waals surface area contributed by atoms with Crippen LogP contribution in [0.25, 0.3) is 10.8 Å². The summed E-state index contributed by atoms with van der Waals surface area (Å²) < 4.78 is 6.32. The number of nitrogens with zero attached hydrogens (tertiary/aromatic N) is 1. The number of carbonyl (C=O) groups is 1. The molecule has 3 aliphatic rings. The van der Waals surface area contributed by atoms with Gasteiger partial charge in [-0.25, -0.2) is 0 Å². The van der Waals surface area contributed by atoms with Gasteiger partial charge in [-0.1, -0.05) is 36.7 Å². The van der Waals surface area contributed by atoms with E-state index in [9.17, 15) is 9.90 Å². The Labute approximate surface area is 202 Å². The van der Waals surface area contributed by atoms with E-state index in [2.05, 4.69) is 36.1 Å². The largest absolute Gasteiger partial charge is 0.489 e. The number of piperidine rings is 1. The lowest BCUT2D eigenvalue weighted by Gasteiger charge is -2.37. The molecular weight excluding hydrogens is 434 g/mol. The standard InChI is InChI=1S/C28H36ClNO3/c1-18-4-11-24(12-5-18)33-26-13-8-20-7-6-19(15-25(20)27(26)29)3-2-14-30-22-9-10-23(30)17-21(16-22)28(31)32/h6-8,13,15,18,21-24H,2-5,9-12,14,16-17H2,1H3,(H,31,32)/t18-,21?,22?,23?,24+. The summed E-state index contributed by atoms with van der Waals surface area (Å²) in [7, 11) is 0. The molecule has 5 rings (SSSR count). The monoisotopic (exact) mass is 469 g/mol. The van der Waals surface area contributed by atoms with E-state index in [0.29, 0.717) is 12.1 Å². The van der Waals surface area contributed by atoms with Gasteiger partial charge in [-0.05, 0) is 99.8 Å². The zero-order valence-electron chi connectivity index (χ0n) is 19.6. The molecule has 2 aromatic carbocycles. The maximum absolute atomic E-state index is 11.4. The number of halogens is 1. The van der Waals surface area contributed by atoms with Gasteiger partial charge in [-0.15, -0.1) is 0 Å². The molecule has 3 fully saturated rings. The van der Waals surface area contributed by atoms with Crippen LogP contribution in [0.2, 0.25) is 5.02 Å². The predicted molar refractivity (Wildman–Crippen MR) is 133 cm³/mol. The van der Waals surface area contributed by atoms with Crippen molar-refractivity contribution >= 4 is 28.3 Å². The van der Waals surface area contributed by atoms with Crippen molar-refractivity contribution in [1.29, 1.82) is 0 Å². The summed E-state index contributed by atoms with van der Waals surface area (Å²) >= 11 is 6.82. The van der Waals surface area contributed by atoms with Gasteiger partial charge in [0, 0.05) is 17.5 Å². The fraction of sp³-hybridized carbons (Fsp3) is 0.607. The van der Waals surface area contributed by atoms with Gasteiger partial charge >= 0.3 is 5.97 Å². The lowest BCUT2D eigenvalue weighted by molar-refractivity contribution is -0.144. The summed E-state index contributed by atoms with van der Waals surface area (Å²) in [5.41, 5.74) is 1.31. The maximum Gasteiger partial charge on any atom is 0.306 e. The Morgan fingerprint density at radius 2 is 1.76 bits per heavy atom. The number of aryl methyl sites for hydroxylation is 1. The van der Waals surface area contributed by atoms with Gasteiger partial charge in [0.2, 0.25) is 0 Å². The van der Waals surface area contributed by atoms with E-state index >= 15 is 0 Å². The van der Waals surface area contributed by atoms with Crippen molar-refractivity contribution in [3.8, 4) is 5.75 Å². The van der Waals surface area contributed by atoms with Gasteiger partial charge in [0.05, 0.1) is 17.0 Å². The molecule has 2 unspecified atom stereocenters. The Kier molecular flexibility index (Phi) is 6.85. The highest BCUT2D eigenvalue weighted by Crippen LogP contribution is 2.39. The third-order valence-corrected chi connectivity index (χ3v) is 8.75. The van der Waals surface area contributed by atoms with E-state index in [0.717, 1.165) is 85.4 Å². The molecule has 4 nitrogen and oxygen atoms in total. The van der Waals surface area contributed by atoms with E-state index in [1.54, 1.807) is 0 Å². The van der Waals surface area contributed by atoms with Crippen LogP contribution in [0.15, 0.2) is 30.3 Å². The minimum atomic E-state index is -0.610. The third-order valence-electron chi connectivity index (χ3n) is 8.36. The fourth-order valence-electron chi connectivity index (χ4n) is 6.39. The number of hydrogen-bond donors (Lipinski definition) is 1. The zero-order chi connectivity index (χ0) is 22.9. The molecule has 0 spiro atoms. The van der Waals surface area contributed by atoms with Crippen molar-refractivity contribution < 1.29 is 14.6 Å². The molecule has 1 aliphatic carbocycles. The Bertz CT molecular complexity index is 986. The lowest BCUT2D eigenvalue weighted by atomic mass is 9.89. The number of benzene rings is 2. The van der Waals surface area contributed by atoms with Crippen molar-refractivity contribution in [2.24, 2.45) is 11.8 Å². The second-order valence-electron chi connectivity index (χ2n) is 10.7. The Balaban J connectivity index is 1.21. The lowest BCUT2D eigenvalue weighted by Crippen LogP contribution is -2.45. The molecular formula is C28H36ClNO3. The first-order chi connectivity index (χ1) is 16.0. The number of carboxylic acids is 1. The minimum absolute atomic E-state index is 0.144. The quantitative estimate of drug-likeness (QED) is 0.489. The first-order valence-electron chi connectivity index (χ1n) is 12.8. The average molecular weight is 470 g/mol. The third kappa shape index (κ3) is 5.02. The molecule has 2 aliphatic heterocycles. The van der Waals surface area contributed by atoms with E-state index < -0.39 is 5.97 Å². The van der Waals surface area contributed by atoms with E-state index in [1.807, 2.05) is 6.07 Å². The van der Waals surface area contributed by atoms with Gasteiger partial charge < -0.3 is 9.84 Å². The fourth-order valence-corrected chi connectivity index (χ4v) is 6.66. The van der Waals surface area contributed by atoms with Gasteiger partial charge in [0.15, 0.2) is 0 Å². The Morgan fingerprint density at radius 3 is 2.45 bits per heavy atom. The van der Waals surface area contributed by atoms with Crippen molar-refractivity contribution in [3.63, 3.8) is 0 Å². The smallest absolute Gasteiger partial charge is 0.306 e. The van der Waals surface area contributed by atoms with Crippen molar-refractivity contribution in [3.05, 3.63) is 40.9 Å². The van der Waals surface area contributed by atoms with Crippen molar-refractivity contribution in [2.75, 3.05) is 6.54 Å². The van der Waals surface area contributed by atoms with E-state index in [1.165, 1.54) is 18.4 Å². The van der Waals surface area contributed by atoms with Gasteiger partial charge in [-0.2, -0.15) is 0 Å². The van der Waals surface area contributed by atoms with Gasteiger partial charge in [0.25, 0.3) is 0 Å². The topological polar surface area (TPSA) is 49.8 Å². The summed E-state index contributed by atoms with van der Waals surface area (Å²) in [6.07, 6.45) is 11.0. The highest BCUT2D eigenvalue weighted by atomic mass is 35.5. The number of aliphatic carboxylic acids is 1. The van der Waals surface area contributed by atoms with Crippen molar-refractivity contribution in [1.82, 2.24) is 4.90 Å². The molecule has 5 heteroatoms. The molecule has 2 saturated heterocycles. The van der Waals surface area contributed by atoms with Crippen LogP contribution in [-0.4, -0.2) is 40.7 Å². The molecule has 0 aromatic heterocycles. The van der Waals surface area contributed by atoms with Crippen LogP contribution < -0.4 is 4.74 Å². The molecule has 178 valence electrons. The summed E-state index contributed by atoms with van der Waals surface area (Å²) in [5, 5.41) is 12.4. The first-order valence-corrected chi connectivity index (χ1v) is 13.2. The van der Waals surface area contributed by atoms with Crippen LogP contribution >= 0.6 is 11.6 Å². The summed E-state index contributed by atoms with van der Waals surface area (Å²) in [6, 6.07) is 11.7. The second-order valence-corrected chi connectivity index (χ2v) is 11.0. The maximum atomic E-state index is 11.4. The van der Waals surface area contributed by atoms with Crippen LogP contribution in [0, 0.1) is 11.8 Å². The second kappa shape index (κ2) is 9.84. The van der Waals surface area contributed by atoms with E-state index in [4.69, 9.17) is 16.3 Å². The molecule has 2 heterocycles.